The van der Waals surface area contributed by atoms with E-state index in [-0.39, 0.29) is 42.6 Å². The van der Waals surface area contributed by atoms with Crippen LogP contribution in [0.25, 0.3) is 21.9 Å². The molecule has 3 heterocycles. The zero-order valence-electron chi connectivity index (χ0n) is 21.7. The summed E-state index contributed by atoms with van der Waals surface area (Å²) in [5, 5.41) is 12.0. The normalized spacial score (nSPS) is 14.4. The Bertz CT molecular complexity index is 1840. The third-order valence-corrected chi connectivity index (χ3v) is 7.57. The Morgan fingerprint density at radius 3 is 2.18 bits per heavy atom. The predicted molar refractivity (Wildman–Crippen MR) is 142 cm³/mol. The number of piperidine rings is 1. The lowest BCUT2D eigenvalue weighted by molar-refractivity contribution is -0.385. The molecule has 2 aromatic carbocycles. The van der Waals surface area contributed by atoms with Crippen molar-refractivity contribution < 1.29 is 14.1 Å². The number of hydrogen-bond donors (Lipinski definition) is 0. The highest BCUT2D eigenvalue weighted by molar-refractivity contribution is 6.02. The third-order valence-electron chi connectivity index (χ3n) is 7.57. The van der Waals surface area contributed by atoms with Crippen molar-refractivity contribution in [1.29, 1.82) is 0 Å². The number of carbonyl (C=O) groups excluding carboxylic acids is 1. The maximum absolute atomic E-state index is 13.9. The number of carbonyl (C=O) groups is 1. The molecular weight excluding hydrogens is 511 g/mol. The topological polar surface area (TPSA) is 134 Å². The fraction of sp³-hybridized carbons (Fsp3) is 0.385. The van der Waals surface area contributed by atoms with Crippen LogP contribution >= 0.6 is 0 Å². The second-order valence-electron chi connectivity index (χ2n) is 9.59. The minimum atomic E-state index is -0.634. The standard InChI is InChI=1S/C26H27FN6O6/c1-4-30-21-13-18(20(33(38)39)14-22(21)31(5-2)26(30)37)23(34)29-10-8-16(9-11-29)32-24(35)17-12-15(27)6-7-19(17)28(3)25(32)36/h6-7,12-14,16H,4-5,8-11H2,1-3H3. The molecule has 0 N–H and O–H groups in total. The Hall–Kier alpha value is -4.55. The zero-order valence-corrected chi connectivity index (χ0v) is 21.7. The van der Waals surface area contributed by atoms with Crippen LogP contribution in [0, 0.1) is 15.9 Å². The van der Waals surface area contributed by atoms with E-state index in [9.17, 15) is 33.7 Å². The number of benzene rings is 2. The number of aryl methyl sites for hydroxylation is 3. The van der Waals surface area contributed by atoms with Crippen molar-refractivity contribution >= 4 is 33.5 Å². The highest BCUT2D eigenvalue weighted by Crippen LogP contribution is 2.29. The molecule has 204 valence electrons. The third kappa shape index (κ3) is 4.04. The summed E-state index contributed by atoms with van der Waals surface area (Å²) in [5.74, 6) is -1.16. The van der Waals surface area contributed by atoms with Crippen molar-refractivity contribution in [2.45, 2.75) is 45.8 Å². The van der Waals surface area contributed by atoms with Crippen molar-refractivity contribution in [3.63, 3.8) is 0 Å². The van der Waals surface area contributed by atoms with Gasteiger partial charge in [-0.3, -0.25) is 38.0 Å². The first-order valence-electron chi connectivity index (χ1n) is 12.7. The molecule has 1 aliphatic heterocycles. The number of hydrogen-bond acceptors (Lipinski definition) is 6. The molecule has 2 aromatic heterocycles. The fourth-order valence-electron chi connectivity index (χ4n) is 5.56. The van der Waals surface area contributed by atoms with E-state index in [1.54, 1.807) is 13.8 Å². The lowest BCUT2D eigenvalue weighted by Crippen LogP contribution is -2.46. The fourth-order valence-corrected chi connectivity index (χ4v) is 5.56. The second-order valence-corrected chi connectivity index (χ2v) is 9.59. The van der Waals surface area contributed by atoms with Gasteiger partial charge in [-0.2, -0.15) is 0 Å². The summed E-state index contributed by atoms with van der Waals surface area (Å²) >= 11 is 0. The summed E-state index contributed by atoms with van der Waals surface area (Å²) in [4.78, 5) is 65.2. The Morgan fingerprint density at radius 1 is 0.974 bits per heavy atom. The first kappa shape index (κ1) is 26.1. The smallest absolute Gasteiger partial charge is 0.331 e. The van der Waals surface area contributed by atoms with Crippen molar-refractivity contribution in [1.82, 2.24) is 23.2 Å². The molecule has 0 saturated carbocycles. The summed E-state index contributed by atoms with van der Waals surface area (Å²) in [7, 11) is 1.51. The van der Waals surface area contributed by atoms with E-state index in [2.05, 4.69) is 0 Å². The molecular formula is C26H27FN6O6. The van der Waals surface area contributed by atoms with Crippen molar-refractivity contribution in [2.24, 2.45) is 7.05 Å². The van der Waals surface area contributed by atoms with Crippen LogP contribution in [0.3, 0.4) is 0 Å². The van der Waals surface area contributed by atoms with Crippen LogP contribution in [-0.2, 0) is 20.1 Å². The van der Waals surface area contributed by atoms with Gasteiger partial charge in [0.15, 0.2) is 0 Å². The minimum Gasteiger partial charge on any atom is -0.338 e. The molecule has 4 aromatic rings. The molecule has 1 aliphatic rings. The minimum absolute atomic E-state index is 0.0838. The molecule has 0 unspecified atom stereocenters. The van der Waals surface area contributed by atoms with E-state index in [4.69, 9.17) is 0 Å². The van der Waals surface area contributed by atoms with Crippen LogP contribution in [0.2, 0.25) is 0 Å². The average Bonchev–Trinajstić information content (AvgIpc) is 3.20. The highest BCUT2D eigenvalue weighted by Gasteiger charge is 2.32. The van der Waals surface area contributed by atoms with Gasteiger partial charge in [-0.15, -0.1) is 0 Å². The van der Waals surface area contributed by atoms with Crippen LogP contribution in [0.15, 0.2) is 44.7 Å². The molecule has 0 bridgehead atoms. The van der Waals surface area contributed by atoms with Crippen LogP contribution in [0.1, 0.15) is 43.1 Å². The van der Waals surface area contributed by atoms with Gasteiger partial charge in [-0.1, -0.05) is 0 Å². The van der Waals surface area contributed by atoms with Gasteiger partial charge in [0.05, 0.1) is 26.9 Å². The Kier molecular flexibility index (Phi) is 6.44. The Balaban J connectivity index is 1.49. The summed E-state index contributed by atoms with van der Waals surface area (Å²) in [6.45, 7) is 4.49. The molecule has 0 spiro atoms. The number of fused-ring (bicyclic) bond motifs is 2. The molecule has 0 atom stereocenters. The van der Waals surface area contributed by atoms with E-state index in [0.717, 1.165) is 10.6 Å². The van der Waals surface area contributed by atoms with E-state index < -0.39 is 39.6 Å². The maximum Gasteiger partial charge on any atom is 0.331 e. The molecule has 13 heteroatoms. The molecule has 12 nitrogen and oxygen atoms in total. The van der Waals surface area contributed by atoms with Crippen LogP contribution in [0.4, 0.5) is 10.1 Å². The second kappa shape index (κ2) is 9.64. The molecule has 1 saturated heterocycles. The van der Waals surface area contributed by atoms with Crippen molar-refractivity contribution in [2.75, 3.05) is 13.1 Å². The maximum atomic E-state index is 13.9. The van der Waals surface area contributed by atoms with Gasteiger partial charge < -0.3 is 4.90 Å². The molecule has 5 rings (SSSR count). The first-order chi connectivity index (χ1) is 18.6. The quantitative estimate of drug-likeness (QED) is 0.283. The number of nitro groups is 1. The van der Waals surface area contributed by atoms with Crippen LogP contribution < -0.4 is 16.9 Å². The van der Waals surface area contributed by atoms with E-state index >= 15 is 0 Å². The van der Waals surface area contributed by atoms with E-state index in [1.807, 2.05) is 0 Å². The lowest BCUT2D eigenvalue weighted by Gasteiger charge is -2.32. The SMILES string of the molecule is CCn1c(=O)n(CC)c2cc([N+](=O)[O-])c(C(=O)N3CCC(n4c(=O)c5cc(F)ccc5n(C)c4=O)CC3)cc21. The van der Waals surface area contributed by atoms with Crippen LogP contribution in [0.5, 0.6) is 0 Å². The van der Waals surface area contributed by atoms with Crippen LogP contribution in [-0.4, -0.2) is 47.1 Å². The number of nitro benzene ring substituents is 1. The first-order valence-corrected chi connectivity index (χ1v) is 12.7. The van der Waals surface area contributed by atoms with Gasteiger partial charge >= 0.3 is 11.4 Å². The van der Waals surface area contributed by atoms with Gasteiger partial charge in [0.1, 0.15) is 11.4 Å². The molecule has 39 heavy (non-hydrogen) atoms. The molecule has 0 aliphatic carbocycles. The lowest BCUT2D eigenvalue weighted by atomic mass is 10.0. The number of rotatable bonds is 5. The van der Waals surface area contributed by atoms with Gasteiger partial charge in [0, 0.05) is 45.3 Å². The predicted octanol–water partition coefficient (Wildman–Crippen LogP) is 2.38. The number of nitrogens with zero attached hydrogens (tertiary/aromatic N) is 6. The van der Waals surface area contributed by atoms with Gasteiger partial charge in [-0.25, -0.2) is 14.0 Å². The Morgan fingerprint density at radius 2 is 1.59 bits per heavy atom. The molecule has 0 radical (unpaired) electrons. The van der Waals surface area contributed by atoms with E-state index in [0.29, 0.717) is 29.6 Å². The van der Waals surface area contributed by atoms with E-state index in [1.165, 1.54) is 49.9 Å². The summed E-state index contributed by atoms with van der Waals surface area (Å²) in [6, 6.07) is 5.80. The number of amides is 1. The number of halogens is 1. The summed E-state index contributed by atoms with van der Waals surface area (Å²) in [5.41, 5.74) is -0.833. The monoisotopic (exact) mass is 538 g/mol. The zero-order chi connectivity index (χ0) is 28.2. The Labute approximate surface area is 220 Å². The largest absolute Gasteiger partial charge is 0.338 e. The summed E-state index contributed by atoms with van der Waals surface area (Å²) < 4.78 is 19.1. The van der Waals surface area contributed by atoms with Gasteiger partial charge in [0.2, 0.25) is 0 Å². The number of likely N-dealkylation sites (tertiary alicyclic amines) is 1. The van der Waals surface area contributed by atoms with Crippen molar-refractivity contribution in [3.8, 4) is 0 Å². The van der Waals surface area contributed by atoms with Gasteiger partial charge in [0.25, 0.3) is 17.2 Å². The van der Waals surface area contributed by atoms with Crippen molar-refractivity contribution in [3.05, 3.63) is 83.1 Å². The highest BCUT2D eigenvalue weighted by atomic mass is 19.1. The molecule has 1 amide bonds. The number of aromatic nitrogens is 4. The van der Waals surface area contributed by atoms with Gasteiger partial charge in [-0.05, 0) is 51.0 Å². The summed E-state index contributed by atoms with van der Waals surface area (Å²) in [6.07, 6.45) is 0.507. The number of imidazole rings is 1. The average molecular weight is 539 g/mol. The molecule has 1 fully saturated rings.